The molecule has 0 radical (unpaired) electrons. The van der Waals surface area contributed by atoms with Crippen molar-refractivity contribution in [3.05, 3.63) is 0 Å². The molecular formula is C8H14N2. The lowest BCUT2D eigenvalue weighted by atomic mass is 10.3. The summed E-state index contributed by atoms with van der Waals surface area (Å²) in [6.07, 6.45) is 2.75. The second-order valence-electron chi connectivity index (χ2n) is 2.93. The van der Waals surface area contributed by atoms with E-state index in [0.717, 1.165) is 19.0 Å². The molecule has 0 bridgehead atoms. The Morgan fingerprint density at radius 2 is 2.30 bits per heavy atom. The molecule has 0 unspecified atom stereocenters. The molecule has 0 amide bonds. The Kier molecular flexibility index (Phi) is 2.70. The van der Waals surface area contributed by atoms with Crippen LogP contribution in [-0.4, -0.2) is 24.5 Å². The molecule has 1 aliphatic rings. The first-order valence-corrected chi connectivity index (χ1v) is 3.96. The van der Waals surface area contributed by atoms with Gasteiger partial charge in [-0.15, -0.1) is 0 Å². The first-order valence-electron chi connectivity index (χ1n) is 3.96. The number of nitrogens with zero attached hydrogens (tertiary/aromatic N) is 2. The highest BCUT2D eigenvalue weighted by molar-refractivity contribution is 4.81. The Morgan fingerprint density at radius 1 is 1.60 bits per heavy atom. The second kappa shape index (κ2) is 3.58. The Morgan fingerprint density at radius 3 is 2.70 bits per heavy atom. The summed E-state index contributed by atoms with van der Waals surface area (Å²) < 4.78 is 0. The lowest BCUT2D eigenvalue weighted by molar-refractivity contribution is 0.309. The van der Waals surface area contributed by atoms with E-state index in [1.54, 1.807) is 0 Å². The summed E-state index contributed by atoms with van der Waals surface area (Å²) >= 11 is 0. The monoisotopic (exact) mass is 138 g/mol. The quantitative estimate of drug-likeness (QED) is 0.546. The van der Waals surface area contributed by atoms with Crippen LogP contribution in [0.25, 0.3) is 0 Å². The zero-order valence-corrected chi connectivity index (χ0v) is 6.51. The Hall–Kier alpha value is -0.550. The Labute approximate surface area is 62.4 Å². The largest absolute Gasteiger partial charge is 0.291 e. The molecular weight excluding hydrogens is 124 g/mol. The van der Waals surface area contributed by atoms with Crippen LogP contribution in [0.15, 0.2) is 0 Å². The van der Waals surface area contributed by atoms with E-state index >= 15 is 0 Å². The predicted octanol–water partition coefficient (Wildman–Crippen LogP) is 1.24. The van der Waals surface area contributed by atoms with E-state index < -0.39 is 0 Å². The summed E-state index contributed by atoms with van der Waals surface area (Å²) in [5.74, 6) is 0.910. The van der Waals surface area contributed by atoms with Crippen molar-refractivity contribution in [2.45, 2.75) is 19.8 Å². The van der Waals surface area contributed by atoms with Gasteiger partial charge in [-0.1, -0.05) is 6.92 Å². The number of hydrogen-bond acceptors (Lipinski definition) is 2. The highest BCUT2D eigenvalue weighted by Crippen LogP contribution is 2.29. The average Bonchev–Trinajstić information content (AvgIpc) is 2.71. The summed E-state index contributed by atoms with van der Waals surface area (Å²) in [5, 5.41) is 8.41. The normalized spacial score (nSPS) is 17.3. The van der Waals surface area contributed by atoms with Gasteiger partial charge in [-0.3, -0.25) is 4.90 Å². The molecule has 1 aliphatic carbocycles. The zero-order valence-electron chi connectivity index (χ0n) is 6.51. The average molecular weight is 138 g/mol. The van der Waals surface area contributed by atoms with Crippen molar-refractivity contribution < 1.29 is 0 Å². The van der Waals surface area contributed by atoms with Gasteiger partial charge in [0.2, 0.25) is 0 Å². The standard InChI is InChI=1S/C8H14N2/c1-2-10(6-5-9)7-8-3-4-8/h8H,2-4,6-7H2,1H3. The molecule has 1 saturated carbocycles. The minimum absolute atomic E-state index is 0.604. The SMILES string of the molecule is CCN(CC#N)CC1CC1. The van der Waals surface area contributed by atoms with Crippen molar-refractivity contribution >= 4 is 0 Å². The topological polar surface area (TPSA) is 27.0 Å². The van der Waals surface area contributed by atoms with E-state index in [9.17, 15) is 0 Å². The molecule has 56 valence electrons. The molecule has 0 aromatic heterocycles. The summed E-state index contributed by atoms with van der Waals surface area (Å²) in [7, 11) is 0. The first-order chi connectivity index (χ1) is 4.86. The van der Waals surface area contributed by atoms with E-state index in [4.69, 9.17) is 5.26 Å². The van der Waals surface area contributed by atoms with Crippen LogP contribution in [0.2, 0.25) is 0 Å². The maximum absolute atomic E-state index is 8.41. The highest BCUT2D eigenvalue weighted by atomic mass is 15.1. The maximum Gasteiger partial charge on any atom is 0.0865 e. The van der Waals surface area contributed by atoms with E-state index in [-0.39, 0.29) is 0 Å². The van der Waals surface area contributed by atoms with Gasteiger partial charge in [-0.05, 0) is 25.3 Å². The lowest BCUT2D eigenvalue weighted by Gasteiger charge is -2.14. The predicted molar refractivity (Wildman–Crippen MR) is 40.5 cm³/mol. The Balaban J connectivity index is 2.12. The fourth-order valence-electron chi connectivity index (χ4n) is 1.07. The summed E-state index contributed by atoms with van der Waals surface area (Å²) in [5.41, 5.74) is 0. The van der Waals surface area contributed by atoms with Gasteiger partial charge in [0.05, 0.1) is 12.6 Å². The lowest BCUT2D eigenvalue weighted by Crippen LogP contribution is -2.25. The van der Waals surface area contributed by atoms with E-state index in [0.29, 0.717) is 6.54 Å². The van der Waals surface area contributed by atoms with E-state index in [1.807, 2.05) is 0 Å². The molecule has 0 aromatic rings. The van der Waals surface area contributed by atoms with Gasteiger partial charge in [0.15, 0.2) is 0 Å². The first kappa shape index (κ1) is 7.56. The van der Waals surface area contributed by atoms with Crippen LogP contribution in [0.1, 0.15) is 19.8 Å². The minimum atomic E-state index is 0.604. The molecule has 2 nitrogen and oxygen atoms in total. The fraction of sp³-hybridized carbons (Fsp3) is 0.875. The van der Waals surface area contributed by atoms with Crippen molar-refractivity contribution in [1.29, 1.82) is 5.26 Å². The van der Waals surface area contributed by atoms with Gasteiger partial charge in [0.25, 0.3) is 0 Å². The molecule has 10 heavy (non-hydrogen) atoms. The van der Waals surface area contributed by atoms with E-state index in [1.165, 1.54) is 12.8 Å². The summed E-state index contributed by atoms with van der Waals surface area (Å²) in [6.45, 7) is 4.88. The van der Waals surface area contributed by atoms with Crippen LogP contribution < -0.4 is 0 Å². The van der Waals surface area contributed by atoms with Gasteiger partial charge in [0.1, 0.15) is 0 Å². The van der Waals surface area contributed by atoms with Crippen molar-refractivity contribution in [3.8, 4) is 6.07 Å². The smallest absolute Gasteiger partial charge is 0.0865 e. The van der Waals surface area contributed by atoms with Gasteiger partial charge in [0, 0.05) is 6.54 Å². The highest BCUT2D eigenvalue weighted by Gasteiger charge is 2.23. The number of hydrogen-bond donors (Lipinski definition) is 0. The molecule has 0 spiro atoms. The van der Waals surface area contributed by atoms with Gasteiger partial charge in [-0.2, -0.15) is 5.26 Å². The third-order valence-corrected chi connectivity index (χ3v) is 1.95. The van der Waals surface area contributed by atoms with Crippen LogP contribution in [0, 0.1) is 17.2 Å². The molecule has 0 N–H and O–H groups in total. The van der Waals surface area contributed by atoms with Crippen LogP contribution in [-0.2, 0) is 0 Å². The summed E-state index contributed by atoms with van der Waals surface area (Å²) in [4.78, 5) is 2.21. The molecule has 1 rings (SSSR count). The van der Waals surface area contributed by atoms with E-state index in [2.05, 4.69) is 17.9 Å². The number of rotatable bonds is 4. The fourth-order valence-corrected chi connectivity index (χ4v) is 1.07. The molecule has 0 saturated heterocycles. The van der Waals surface area contributed by atoms with Gasteiger partial charge >= 0.3 is 0 Å². The maximum atomic E-state index is 8.41. The van der Waals surface area contributed by atoms with Crippen molar-refractivity contribution in [2.24, 2.45) is 5.92 Å². The van der Waals surface area contributed by atoms with Crippen LogP contribution >= 0.6 is 0 Å². The van der Waals surface area contributed by atoms with Crippen molar-refractivity contribution in [2.75, 3.05) is 19.6 Å². The van der Waals surface area contributed by atoms with Crippen molar-refractivity contribution in [1.82, 2.24) is 4.90 Å². The van der Waals surface area contributed by atoms with Crippen LogP contribution in [0.5, 0.6) is 0 Å². The molecule has 0 aromatic carbocycles. The third kappa shape index (κ3) is 2.36. The van der Waals surface area contributed by atoms with Crippen molar-refractivity contribution in [3.63, 3.8) is 0 Å². The molecule has 1 fully saturated rings. The van der Waals surface area contributed by atoms with Crippen LogP contribution in [0.4, 0.5) is 0 Å². The second-order valence-corrected chi connectivity index (χ2v) is 2.93. The Bertz CT molecular complexity index is 133. The zero-order chi connectivity index (χ0) is 7.40. The van der Waals surface area contributed by atoms with Gasteiger partial charge < -0.3 is 0 Å². The minimum Gasteiger partial charge on any atom is -0.291 e. The molecule has 0 aliphatic heterocycles. The summed E-state index contributed by atoms with van der Waals surface area (Å²) in [6, 6.07) is 2.18. The molecule has 0 atom stereocenters. The molecule has 2 heteroatoms. The van der Waals surface area contributed by atoms with Crippen LogP contribution in [0.3, 0.4) is 0 Å². The molecule has 0 heterocycles. The third-order valence-electron chi connectivity index (χ3n) is 1.95. The number of nitriles is 1. The van der Waals surface area contributed by atoms with Gasteiger partial charge in [-0.25, -0.2) is 0 Å².